The summed E-state index contributed by atoms with van der Waals surface area (Å²) in [6, 6.07) is 11.7. The molecule has 2 nitrogen and oxygen atoms in total. The summed E-state index contributed by atoms with van der Waals surface area (Å²) in [6.45, 7) is 0.480. The fourth-order valence-corrected chi connectivity index (χ4v) is 2.16. The normalized spacial score (nSPS) is 10.0. The Hall–Kier alpha value is -1.57. The molecule has 96 valence electrons. The average molecular weight is 340 g/mol. The van der Waals surface area contributed by atoms with Crippen molar-refractivity contribution in [2.75, 3.05) is 5.32 Å². The fraction of sp³-hybridized carbons (Fsp3) is 0.0714. The molecule has 0 spiro atoms. The molecule has 0 aliphatic heterocycles. The molecule has 2 aromatic carbocycles. The van der Waals surface area contributed by atoms with Gasteiger partial charge in [-0.1, -0.05) is 17.7 Å². The molecular formula is C14H9BrClFN2. The van der Waals surface area contributed by atoms with Crippen LogP contribution in [0.25, 0.3) is 0 Å². The van der Waals surface area contributed by atoms with E-state index in [9.17, 15) is 4.39 Å². The summed E-state index contributed by atoms with van der Waals surface area (Å²) in [4.78, 5) is 0. The summed E-state index contributed by atoms with van der Waals surface area (Å²) in [5, 5.41) is 12.6. The Morgan fingerprint density at radius 1 is 1.26 bits per heavy atom. The Balaban J connectivity index is 2.15. The molecule has 0 unspecified atom stereocenters. The van der Waals surface area contributed by atoms with Gasteiger partial charge in [-0.2, -0.15) is 5.26 Å². The molecule has 0 aliphatic rings. The van der Waals surface area contributed by atoms with Gasteiger partial charge in [0.05, 0.1) is 11.3 Å². The topological polar surface area (TPSA) is 35.8 Å². The first-order valence-corrected chi connectivity index (χ1v) is 6.64. The molecule has 5 heteroatoms. The van der Waals surface area contributed by atoms with Crippen LogP contribution in [0.5, 0.6) is 0 Å². The van der Waals surface area contributed by atoms with Crippen LogP contribution in [-0.2, 0) is 6.54 Å². The van der Waals surface area contributed by atoms with E-state index in [1.165, 1.54) is 12.1 Å². The van der Waals surface area contributed by atoms with Gasteiger partial charge >= 0.3 is 0 Å². The Morgan fingerprint density at radius 3 is 2.79 bits per heavy atom. The maximum atomic E-state index is 13.2. The van der Waals surface area contributed by atoms with Gasteiger partial charge in [0.2, 0.25) is 0 Å². The van der Waals surface area contributed by atoms with Crippen LogP contribution in [0.15, 0.2) is 40.9 Å². The van der Waals surface area contributed by atoms with Gasteiger partial charge in [-0.15, -0.1) is 0 Å². The lowest BCUT2D eigenvalue weighted by molar-refractivity contribution is 0.623. The molecule has 2 aromatic rings. The number of rotatable bonds is 3. The number of hydrogen-bond donors (Lipinski definition) is 1. The van der Waals surface area contributed by atoms with Crippen molar-refractivity contribution in [3.05, 3.63) is 62.8 Å². The van der Waals surface area contributed by atoms with Crippen LogP contribution in [0.3, 0.4) is 0 Å². The van der Waals surface area contributed by atoms with Gasteiger partial charge in [0.15, 0.2) is 0 Å². The third-order valence-corrected chi connectivity index (χ3v) is 3.49. The Morgan fingerprint density at radius 2 is 2.05 bits per heavy atom. The van der Waals surface area contributed by atoms with Gasteiger partial charge in [-0.25, -0.2) is 4.39 Å². The van der Waals surface area contributed by atoms with Crippen LogP contribution >= 0.6 is 27.5 Å². The van der Waals surface area contributed by atoms with E-state index in [1.54, 1.807) is 18.2 Å². The van der Waals surface area contributed by atoms with Crippen molar-refractivity contribution < 1.29 is 4.39 Å². The van der Waals surface area contributed by atoms with Gasteiger partial charge in [0, 0.05) is 16.0 Å². The van der Waals surface area contributed by atoms with Crippen LogP contribution in [0.1, 0.15) is 11.1 Å². The first kappa shape index (κ1) is 13.9. The van der Waals surface area contributed by atoms with Gasteiger partial charge in [0.25, 0.3) is 0 Å². The number of nitrogens with one attached hydrogen (secondary N) is 1. The van der Waals surface area contributed by atoms with E-state index in [1.807, 2.05) is 12.1 Å². The van der Waals surface area contributed by atoms with E-state index >= 15 is 0 Å². The lowest BCUT2D eigenvalue weighted by Gasteiger charge is -2.09. The lowest BCUT2D eigenvalue weighted by atomic mass is 10.1. The van der Waals surface area contributed by atoms with Crippen molar-refractivity contribution in [1.29, 1.82) is 5.26 Å². The minimum Gasteiger partial charge on any atom is -0.380 e. The Kier molecular flexibility index (Phi) is 4.41. The molecule has 1 N–H and O–H groups in total. The SMILES string of the molecule is N#Cc1cc(CNc2cc(Cl)ccc2Br)ccc1F. The largest absolute Gasteiger partial charge is 0.380 e. The van der Waals surface area contributed by atoms with Gasteiger partial charge in [-0.3, -0.25) is 0 Å². The Bertz CT molecular complexity index is 652. The molecule has 0 heterocycles. The first-order valence-electron chi connectivity index (χ1n) is 5.47. The van der Waals surface area contributed by atoms with Crippen molar-refractivity contribution in [1.82, 2.24) is 0 Å². The van der Waals surface area contributed by atoms with E-state index in [4.69, 9.17) is 16.9 Å². The monoisotopic (exact) mass is 338 g/mol. The second-order valence-corrected chi connectivity index (χ2v) is 5.19. The zero-order valence-electron chi connectivity index (χ0n) is 9.75. The zero-order chi connectivity index (χ0) is 13.8. The molecule has 19 heavy (non-hydrogen) atoms. The summed E-state index contributed by atoms with van der Waals surface area (Å²) >= 11 is 9.32. The molecular weight excluding hydrogens is 331 g/mol. The highest BCUT2D eigenvalue weighted by atomic mass is 79.9. The predicted molar refractivity (Wildman–Crippen MR) is 77.6 cm³/mol. The van der Waals surface area contributed by atoms with E-state index in [0.717, 1.165) is 15.7 Å². The first-order chi connectivity index (χ1) is 9.10. The fourth-order valence-electron chi connectivity index (χ4n) is 1.60. The van der Waals surface area contributed by atoms with E-state index in [2.05, 4.69) is 21.2 Å². The minimum atomic E-state index is -0.504. The molecule has 0 aliphatic carbocycles. The molecule has 0 amide bonds. The number of hydrogen-bond acceptors (Lipinski definition) is 2. The van der Waals surface area contributed by atoms with Crippen molar-refractivity contribution in [2.24, 2.45) is 0 Å². The van der Waals surface area contributed by atoms with Crippen LogP contribution in [0, 0.1) is 17.1 Å². The maximum absolute atomic E-state index is 13.2. The molecule has 2 rings (SSSR count). The van der Waals surface area contributed by atoms with Crippen LogP contribution in [0.2, 0.25) is 5.02 Å². The minimum absolute atomic E-state index is 0.0458. The summed E-state index contributed by atoms with van der Waals surface area (Å²) in [6.07, 6.45) is 0. The molecule has 0 aromatic heterocycles. The van der Waals surface area contributed by atoms with Crippen molar-refractivity contribution in [2.45, 2.75) is 6.54 Å². The zero-order valence-corrected chi connectivity index (χ0v) is 12.1. The lowest BCUT2D eigenvalue weighted by Crippen LogP contribution is -2.01. The van der Waals surface area contributed by atoms with Crippen LogP contribution in [0.4, 0.5) is 10.1 Å². The van der Waals surface area contributed by atoms with Crippen molar-refractivity contribution in [3.8, 4) is 6.07 Å². The molecule has 0 fully saturated rings. The quantitative estimate of drug-likeness (QED) is 0.878. The average Bonchev–Trinajstić information content (AvgIpc) is 2.41. The summed E-state index contributed by atoms with van der Waals surface area (Å²) < 4.78 is 14.1. The number of nitriles is 1. The third kappa shape index (κ3) is 3.46. The number of nitrogens with zero attached hydrogens (tertiary/aromatic N) is 1. The Labute approximate surface area is 123 Å². The number of halogens is 3. The predicted octanol–water partition coefficient (Wildman–Crippen LogP) is 4.73. The summed E-state index contributed by atoms with van der Waals surface area (Å²) in [5.74, 6) is -0.504. The van der Waals surface area contributed by atoms with Crippen molar-refractivity contribution >= 4 is 33.2 Å². The second kappa shape index (κ2) is 6.05. The molecule has 0 radical (unpaired) electrons. The molecule has 0 saturated heterocycles. The van der Waals surface area contributed by atoms with E-state index in [-0.39, 0.29) is 5.56 Å². The number of anilines is 1. The number of benzene rings is 2. The second-order valence-electron chi connectivity index (χ2n) is 3.90. The standard InChI is InChI=1S/C14H9BrClFN2/c15-12-3-2-11(16)6-14(12)19-8-9-1-4-13(17)10(5-9)7-18/h1-6,19H,8H2. The molecule has 0 atom stereocenters. The van der Waals surface area contributed by atoms with E-state index < -0.39 is 5.82 Å². The molecule has 0 saturated carbocycles. The highest BCUT2D eigenvalue weighted by molar-refractivity contribution is 9.10. The van der Waals surface area contributed by atoms with Crippen molar-refractivity contribution in [3.63, 3.8) is 0 Å². The highest BCUT2D eigenvalue weighted by Crippen LogP contribution is 2.26. The van der Waals surface area contributed by atoms with Crippen LogP contribution < -0.4 is 5.32 Å². The summed E-state index contributed by atoms with van der Waals surface area (Å²) in [7, 11) is 0. The molecule has 0 bridgehead atoms. The summed E-state index contributed by atoms with van der Waals surface area (Å²) in [5.41, 5.74) is 1.71. The van der Waals surface area contributed by atoms with Crippen LogP contribution in [-0.4, -0.2) is 0 Å². The third-order valence-electron chi connectivity index (χ3n) is 2.56. The van der Waals surface area contributed by atoms with Gasteiger partial charge in [0.1, 0.15) is 11.9 Å². The smallest absolute Gasteiger partial charge is 0.140 e. The maximum Gasteiger partial charge on any atom is 0.140 e. The highest BCUT2D eigenvalue weighted by Gasteiger charge is 2.04. The van der Waals surface area contributed by atoms with Gasteiger partial charge in [-0.05, 0) is 51.8 Å². The van der Waals surface area contributed by atoms with Gasteiger partial charge < -0.3 is 5.32 Å². The van der Waals surface area contributed by atoms with E-state index in [0.29, 0.717) is 11.6 Å².